The minimum absolute atomic E-state index is 0.0683. The monoisotopic (exact) mass is 257 g/mol. The molecule has 18 heavy (non-hydrogen) atoms. The van der Waals surface area contributed by atoms with Crippen molar-refractivity contribution >= 4 is 0 Å². The van der Waals surface area contributed by atoms with Crippen LogP contribution in [0.2, 0.25) is 0 Å². The number of aliphatic hydroxyl groups excluding tert-OH is 1. The van der Waals surface area contributed by atoms with E-state index in [1.54, 1.807) is 12.1 Å². The van der Waals surface area contributed by atoms with Gasteiger partial charge in [0.25, 0.3) is 0 Å². The van der Waals surface area contributed by atoms with Crippen LogP contribution in [-0.2, 0) is 0 Å². The van der Waals surface area contributed by atoms with Gasteiger partial charge in [0.1, 0.15) is 5.75 Å². The number of nitrogens with two attached hydrogens (primary N) is 1. The van der Waals surface area contributed by atoms with Crippen molar-refractivity contribution in [3.8, 4) is 5.75 Å². The fraction of sp³-hybridized carbons (Fsp3) is 0.538. The summed E-state index contributed by atoms with van der Waals surface area (Å²) in [5, 5.41) is 10.0. The van der Waals surface area contributed by atoms with Crippen molar-refractivity contribution in [1.29, 1.82) is 0 Å². The van der Waals surface area contributed by atoms with E-state index in [1.165, 1.54) is 12.1 Å². The van der Waals surface area contributed by atoms with Crippen LogP contribution < -0.4 is 10.5 Å². The molecule has 0 bridgehead atoms. The van der Waals surface area contributed by atoms with Gasteiger partial charge in [0.05, 0.1) is 12.1 Å². The molecule has 1 aromatic rings. The van der Waals surface area contributed by atoms with Gasteiger partial charge in [0.2, 0.25) is 0 Å². The Hall–Kier alpha value is -1.20. The Balaban J connectivity index is 2.06. The van der Waals surface area contributed by atoms with Gasteiger partial charge in [-0.3, -0.25) is 0 Å². The molecule has 5 heteroatoms. The van der Waals surface area contributed by atoms with Crippen molar-refractivity contribution in [3.05, 3.63) is 29.8 Å². The van der Waals surface area contributed by atoms with E-state index in [-0.39, 0.29) is 11.7 Å². The molecule has 100 valence electrons. The standard InChI is InChI=1S/C13H17F2NO2/c14-13(15)18-10-6-2-5-9(7-10)11(16)12(17)8-3-1-4-8/h2,5-8,11-13,17H,1,3-4,16H2/t11-,12+/m0/s1. The molecule has 0 spiro atoms. The van der Waals surface area contributed by atoms with E-state index in [0.29, 0.717) is 5.56 Å². The molecule has 0 amide bonds. The molecule has 2 atom stereocenters. The van der Waals surface area contributed by atoms with Gasteiger partial charge in [0, 0.05) is 0 Å². The third kappa shape index (κ3) is 2.97. The molecule has 0 unspecified atom stereocenters. The second kappa shape index (κ2) is 5.63. The summed E-state index contributed by atoms with van der Waals surface area (Å²) >= 11 is 0. The Morgan fingerprint density at radius 2 is 2.06 bits per heavy atom. The first-order valence-electron chi connectivity index (χ1n) is 6.06. The van der Waals surface area contributed by atoms with Gasteiger partial charge in [-0.25, -0.2) is 0 Å². The molecule has 1 aliphatic rings. The number of rotatable bonds is 5. The van der Waals surface area contributed by atoms with E-state index in [1.807, 2.05) is 0 Å². The number of hydrogen-bond acceptors (Lipinski definition) is 3. The van der Waals surface area contributed by atoms with Crippen LogP contribution in [0.25, 0.3) is 0 Å². The molecule has 1 fully saturated rings. The first kappa shape index (κ1) is 13.2. The van der Waals surface area contributed by atoms with E-state index in [0.717, 1.165) is 19.3 Å². The minimum atomic E-state index is -2.85. The predicted molar refractivity (Wildman–Crippen MR) is 63.4 cm³/mol. The number of alkyl halides is 2. The number of aliphatic hydroxyl groups is 1. The highest BCUT2D eigenvalue weighted by Crippen LogP contribution is 2.34. The zero-order valence-corrected chi connectivity index (χ0v) is 9.93. The van der Waals surface area contributed by atoms with Crippen molar-refractivity contribution < 1.29 is 18.6 Å². The topological polar surface area (TPSA) is 55.5 Å². The Labute approximate surface area is 105 Å². The smallest absolute Gasteiger partial charge is 0.387 e. The lowest BCUT2D eigenvalue weighted by molar-refractivity contribution is -0.0499. The average Bonchev–Trinajstić information content (AvgIpc) is 2.25. The third-order valence-electron chi connectivity index (χ3n) is 3.47. The lowest BCUT2D eigenvalue weighted by atomic mass is 9.77. The Kier molecular flexibility index (Phi) is 4.14. The van der Waals surface area contributed by atoms with Crippen LogP contribution in [-0.4, -0.2) is 17.8 Å². The summed E-state index contributed by atoms with van der Waals surface area (Å²) in [5.41, 5.74) is 6.57. The molecule has 0 radical (unpaired) electrons. The highest BCUT2D eigenvalue weighted by molar-refractivity contribution is 5.31. The molecule has 1 saturated carbocycles. The maximum absolute atomic E-state index is 12.1. The van der Waals surface area contributed by atoms with Gasteiger partial charge in [-0.2, -0.15) is 8.78 Å². The minimum Gasteiger partial charge on any atom is -0.435 e. The molecule has 3 N–H and O–H groups in total. The van der Waals surface area contributed by atoms with Gasteiger partial charge in [0.15, 0.2) is 0 Å². The van der Waals surface area contributed by atoms with Crippen LogP contribution >= 0.6 is 0 Å². The molecular formula is C13H17F2NO2. The summed E-state index contributed by atoms with van der Waals surface area (Å²) in [6.07, 6.45) is 2.44. The molecule has 3 nitrogen and oxygen atoms in total. The van der Waals surface area contributed by atoms with Gasteiger partial charge in [-0.1, -0.05) is 18.6 Å². The lowest BCUT2D eigenvalue weighted by Gasteiger charge is -2.33. The fourth-order valence-corrected chi connectivity index (χ4v) is 2.17. The highest BCUT2D eigenvalue weighted by atomic mass is 19.3. The Morgan fingerprint density at radius 1 is 1.33 bits per heavy atom. The summed E-state index contributed by atoms with van der Waals surface area (Å²) in [4.78, 5) is 0. The lowest BCUT2D eigenvalue weighted by Crippen LogP contribution is -2.36. The van der Waals surface area contributed by atoms with Crippen LogP contribution in [0.3, 0.4) is 0 Å². The number of halogens is 2. The first-order chi connectivity index (χ1) is 8.58. The summed E-state index contributed by atoms with van der Waals surface area (Å²) in [6, 6.07) is 5.65. The summed E-state index contributed by atoms with van der Waals surface area (Å²) in [5.74, 6) is 0.290. The van der Waals surface area contributed by atoms with Crippen LogP contribution in [0.15, 0.2) is 24.3 Å². The van der Waals surface area contributed by atoms with E-state index in [9.17, 15) is 13.9 Å². The van der Waals surface area contributed by atoms with E-state index in [2.05, 4.69) is 4.74 Å². The summed E-state index contributed by atoms with van der Waals surface area (Å²) < 4.78 is 28.5. The van der Waals surface area contributed by atoms with Gasteiger partial charge >= 0.3 is 6.61 Å². The van der Waals surface area contributed by atoms with Crippen LogP contribution in [0.1, 0.15) is 30.9 Å². The number of benzene rings is 1. The zero-order valence-electron chi connectivity index (χ0n) is 9.93. The highest BCUT2D eigenvalue weighted by Gasteiger charge is 2.30. The molecule has 0 saturated heterocycles. The van der Waals surface area contributed by atoms with Gasteiger partial charge in [-0.05, 0) is 36.5 Å². The maximum atomic E-state index is 12.1. The van der Waals surface area contributed by atoms with Crippen molar-refractivity contribution in [2.75, 3.05) is 0 Å². The van der Waals surface area contributed by atoms with Crippen LogP contribution in [0.5, 0.6) is 5.75 Å². The zero-order chi connectivity index (χ0) is 13.1. The average molecular weight is 257 g/mol. The largest absolute Gasteiger partial charge is 0.435 e. The number of ether oxygens (including phenoxy) is 1. The van der Waals surface area contributed by atoms with Crippen LogP contribution in [0, 0.1) is 5.92 Å². The van der Waals surface area contributed by atoms with Crippen molar-refractivity contribution in [2.24, 2.45) is 11.7 Å². The molecule has 0 aromatic heterocycles. The maximum Gasteiger partial charge on any atom is 0.387 e. The van der Waals surface area contributed by atoms with Gasteiger partial charge in [-0.15, -0.1) is 0 Å². The second-order valence-electron chi connectivity index (χ2n) is 4.66. The quantitative estimate of drug-likeness (QED) is 0.851. The fourth-order valence-electron chi connectivity index (χ4n) is 2.17. The normalized spacial score (nSPS) is 19.4. The molecule has 2 rings (SSSR count). The second-order valence-corrected chi connectivity index (χ2v) is 4.66. The predicted octanol–water partition coefficient (Wildman–Crippen LogP) is 2.45. The summed E-state index contributed by atoms with van der Waals surface area (Å²) in [7, 11) is 0. The summed E-state index contributed by atoms with van der Waals surface area (Å²) in [6.45, 7) is -2.85. The Morgan fingerprint density at radius 3 is 2.61 bits per heavy atom. The van der Waals surface area contributed by atoms with Crippen molar-refractivity contribution in [2.45, 2.75) is 38.0 Å². The van der Waals surface area contributed by atoms with Gasteiger partial charge < -0.3 is 15.6 Å². The molecule has 0 aliphatic heterocycles. The SMILES string of the molecule is N[C@@H](c1cccc(OC(F)F)c1)[C@H](O)C1CCC1. The van der Waals surface area contributed by atoms with Crippen molar-refractivity contribution in [3.63, 3.8) is 0 Å². The van der Waals surface area contributed by atoms with E-state index >= 15 is 0 Å². The molecule has 1 aromatic carbocycles. The third-order valence-corrected chi connectivity index (χ3v) is 3.47. The van der Waals surface area contributed by atoms with Crippen molar-refractivity contribution in [1.82, 2.24) is 0 Å². The van der Waals surface area contributed by atoms with E-state index < -0.39 is 18.8 Å². The molecule has 0 heterocycles. The van der Waals surface area contributed by atoms with E-state index in [4.69, 9.17) is 5.73 Å². The van der Waals surface area contributed by atoms with Crippen LogP contribution in [0.4, 0.5) is 8.78 Å². The Bertz CT molecular complexity index is 396. The first-order valence-corrected chi connectivity index (χ1v) is 6.06. The molecule has 1 aliphatic carbocycles. The number of hydrogen-bond donors (Lipinski definition) is 2. The molecular weight excluding hydrogens is 240 g/mol.